The van der Waals surface area contributed by atoms with Gasteiger partial charge in [-0.25, -0.2) is 9.67 Å². The molecule has 0 saturated carbocycles. The van der Waals surface area contributed by atoms with Gasteiger partial charge in [0.2, 0.25) is 0 Å². The molecular formula is C19H15N5O. The summed E-state index contributed by atoms with van der Waals surface area (Å²) in [7, 11) is 0. The van der Waals surface area contributed by atoms with Gasteiger partial charge in [-0.2, -0.15) is 5.10 Å². The third kappa shape index (κ3) is 2.92. The third-order valence-electron chi connectivity index (χ3n) is 3.82. The molecule has 2 aromatic carbocycles. The van der Waals surface area contributed by atoms with Crippen LogP contribution in [-0.4, -0.2) is 26.2 Å². The van der Waals surface area contributed by atoms with Gasteiger partial charge in [-0.1, -0.05) is 48.5 Å². The topological polar surface area (TPSA) is 78.8 Å². The van der Waals surface area contributed by atoms with E-state index in [1.165, 1.54) is 4.68 Å². The Hall–Kier alpha value is -3.67. The lowest BCUT2D eigenvalue weighted by Gasteiger charge is -2.01. The van der Waals surface area contributed by atoms with E-state index in [9.17, 15) is 4.79 Å². The SMILES string of the molecule is O=c1c(/C=N/c2ccn[nH]2)c(-c2ccccc2)[nH]n1-c1ccccc1. The summed E-state index contributed by atoms with van der Waals surface area (Å²) in [5.41, 5.74) is 2.74. The highest BCUT2D eigenvalue weighted by Gasteiger charge is 2.15. The fourth-order valence-corrected chi connectivity index (χ4v) is 2.61. The number of para-hydroxylation sites is 1. The predicted octanol–water partition coefficient (Wildman–Crippen LogP) is 3.31. The Kier molecular flexibility index (Phi) is 3.84. The van der Waals surface area contributed by atoms with Gasteiger partial charge in [0.1, 0.15) is 5.82 Å². The van der Waals surface area contributed by atoms with Crippen LogP contribution in [0.4, 0.5) is 5.82 Å². The molecule has 2 N–H and O–H groups in total. The fraction of sp³-hybridized carbons (Fsp3) is 0. The number of H-pyrrole nitrogens is 2. The molecule has 4 rings (SSSR count). The Balaban J connectivity index is 1.88. The van der Waals surface area contributed by atoms with Gasteiger partial charge >= 0.3 is 0 Å². The zero-order valence-corrected chi connectivity index (χ0v) is 13.3. The zero-order valence-electron chi connectivity index (χ0n) is 13.3. The first-order valence-corrected chi connectivity index (χ1v) is 7.82. The summed E-state index contributed by atoms with van der Waals surface area (Å²) in [6.45, 7) is 0. The molecule has 0 bridgehead atoms. The van der Waals surface area contributed by atoms with Gasteiger partial charge in [0.25, 0.3) is 5.56 Å². The van der Waals surface area contributed by atoms with Crippen LogP contribution in [0.15, 0.2) is 82.7 Å². The van der Waals surface area contributed by atoms with Crippen LogP contribution in [0.2, 0.25) is 0 Å². The highest BCUT2D eigenvalue weighted by molar-refractivity contribution is 5.89. The lowest BCUT2D eigenvalue weighted by atomic mass is 10.1. The van der Waals surface area contributed by atoms with E-state index in [4.69, 9.17) is 0 Å². The summed E-state index contributed by atoms with van der Waals surface area (Å²) >= 11 is 0. The maximum absolute atomic E-state index is 12.9. The Bertz CT molecular complexity index is 1040. The summed E-state index contributed by atoms with van der Waals surface area (Å²) in [6.07, 6.45) is 3.18. The quantitative estimate of drug-likeness (QED) is 0.563. The van der Waals surface area contributed by atoms with Gasteiger partial charge in [-0.05, 0) is 12.1 Å². The second kappa shape index (κ2) is 6.45. The molecule has 0 unspecified atom stereocenters. The van der Waals surface area contributed by atoms with Crippen LogP contribution in [0.25, 0.3) is 16.9 Å². The molecule has 0 amide bonds. The number of hydrogen-bond donors (Lipinski definition) is 2. The van der Waals surface area contributed by atoms with E-state index in [0.717, 1.165) is 16.9 Å². The molecule has 0 spiro atoms. The molecule has 6 nitrogen and oxygen atoms in total. The molecule has 0 fully saturated rings. The second-order valence-electron chi connectivity index (χ2n) is 5.44. The van der Waals surface area contributed by atoms with Crippen molar-refractivity contribution in [3.63, 3.8) is 0 Å². The van der Waals surface area contributed by atoms with Crippen LogP contribution >= 0.6 is 0 Å². The van der Waals surface area contributed by atoms with Gasteiger partial charge < -0.3 is 0 Å². The van der Waals surface area contributed by atoms with Crippen molar-refractivity contribution < 1.29 is 0 Å². The van der Waals surface area contributed by atoms with Gasteiger partial charge in [-0.15, -0.1) is 0 Å². The number of aromatic amines is 2. The molecule has 0 aliphatic heterocycles. The van der Waals surface area contributed by atoms with Crippen molar-refractivity contribution in [1.82, 2.24) is 20.0 Å². The molecule has 0 aliphatic rings. The van der Waals surface area contributed by atoms with Crippen molar-refractivity contribution in [3.05, 3.63) is 88.8 Å². The summed E-state index contributed by atoms with van der Waals surface area (Å²) in [4.78, 5) is 17.3. The Morgan fingerprint density at radius 1 is 0.960 bits per heavy atom. The van der Waals surface area contributed by atoms with E-state index < -0.39 is 0 Å². The van der Waals surface area contributed by atoms with E-state index in [-0.39, 0.29) is 5.56 Å². The second-order valence-corrected chi connectivity index (χ2v) is 5.44. The first-order chi connectivity index (χ1) is 12.3. The number of aromatic nitrogens is 4. The zero-order chi connectivity index (χ0) is 17.1. The lowest BCUT2D eigenvalue weighted by molar-refractivity contribution is 0.852. The van der Waals surface area contributed by atoms with Gasteiger partial charge in [-0.3, -0.25) is 15.0 Å². The monoisotopic (exact) mass is 329 g/mol. The average Bonchev–Trinajstić information content (AvgIpc) is 3.29. The van der Waals surface area contributed by atoms with Crippen LogP contribution in [-0.2, 0) is 0 Å². The Morgan fingerprint density at radius 2 is 1.68 bits per heavy atom. The summed E-state index contributed by atoms with van der Waals surface area (Å²) in [5.74, 6) is 0.589. The molecular weight excluding hydrogens is 314 g/mol. The van der Waals surface area contributed by atoms with Crippen LogP contribution < -0.4 is 5.56 Å². The average molecular weight is 329 g/mol. The van der Waals surface area contributed by atoms with Crippen molar-refractivity contribution in [2.75, 3.05) is 0 Å². The summed E-state index contributed by atoms with van der Waals surface area (Å²) in [6, 6.07) is 20.9. The first-order valence-electron chi connectivity index (χ1n) is 7.82. The van der Waals surface area contributed by atoms with E-state index in [0.29, 0.717) is 11.4 Å². The van der Waals surface area contributed by atoms with E-state index in [2.05, 4.69) is 20.3 Å². The maximum atomic E-state index is 12.9. The van der Waals surface area contributed by atoms with Crippen LogP contribution in [0.1, 0.15) is 5.56 Å². The molecule has 25 heavy (non-hydrogen) atoms. The van der Waals surface area contributed by atoms with E-state index >= 15 is 0 Å². The van der Waals surface area contributed by atoms with Crippen LogP contribution in [0.3, 0.4) is 0 Å². The van der Waals surface area contributed by atoms with Gasteiger partial charge in [0.15, 0.2) is 0 Å². The van der Waals surface area contributed by atoms with Crippen LogP contribution in [0, 0.1) is 0 Å². The Labute approximate surface area is 143 Å². The predicted molar refractivity (Wildman–Crippen MR) is 97.7 cm³/mol. The minimum absolute atomic E-state index is 0.159. The van der Waals surface area contributed by atoms with Crippen molar-refractivity contribution in [2.45, 2.75) is 0 Å². The van der Waals surface area contributed by atoms with Gasteiger partial charge in [0, 0.05) is 17.8 Å². The number of hydrogen-bond acceptors (Lipinski definition) is 3. The third-order valence-corrected chi connectivity index (χ3v) is 3.82. The summed E-state index contributed by atoms with van der Waals surface area (Å²) < 4.78 is 1.52. The number of nitrogens with zero attached hydrogens (tertiary/aromatic N) is 3. The minimum atomic E-state index is -0.159. The fourth-order valence-electron chi connectivity index (χ4n) is 2.61. The Morgan fingerprint density at radius 3 is 2.36 bits per heavy atom. The molecule has 2 aromatic heterocycles. The van der Waals surface area contributed by atoms with Crippen molar-refractivity contribution in [2.24, 2.45) is 4.99 Å². The molecule has 0 aliphatic carbocycles. The first kappa shape index (κ1) is 14.9. The minimum Gasteiger partial charge on any atom is -0.290 e. The largest absolute Gasteiger partial charge is 0.290 e. The maximum Gasteiger partial charge on any atom is 0.280 e. The van der Waals surface area contributed by atoms with Crippen molar-refractivity contribution >= 4 is 12.0 Å². The summed E-state index contributed by atoms with van der Waals surface area (Å²) in [5, 5.41) is 9.82. The standard InChI is InChI=1S/C19H15N5O/c25-19-16(13-20-17-11-12-21-22-17)18(14-7-3-1-4-8-14)23-24(19)15-9-5-2-6-10-15/h1-13,23H,(H,21,22)/b20-13+. The number of rotatable bonds is 4. The lowest BCUT2D eigenvalue weighted by Crippen LogP contribution is -2.17. The van der Waals surface area contributed by atoms with E-state index in [1.54, 1.807) is 18.5 Å². The molecule has 6 heteroatoms. The number of nitrogens with one attached hydrogen (secondary N) is 2. The van der Waals surface area contributed by atoms with E-state index in [1.807, 2.05) is 60.7 Å². The number of aliphatic imine (C=N–C) groups is 1. The molecule has 0 saturated heterocycles. The number of benzene rings is 2. The highest BCUT2D eigenvalue weighted by Crippen LogP contribution is 2.20. The molecule has 0 atom stereocenters. The van der Waals surface area contributed by atoms with Gasteiger partial charge in [0.05, 0.1) is 23.1 Å². The van der Waals surface area contributed by atoms with Crippen molar-refractivity contribution in [3.8, 4) is 16.9 Å². The highest BCUT2D eigenvalue weighted by atomic mass is 16.1. The van der Waals surface area contributed by atoms with Crippen LogP contribution in [0.5, 0.6) is 0 Å². The van der Waals surface area contributed by atoms with Crippen molar-refractivity contribution in [1.29, 1.82) is 0 Å². The molecule has 2 heterocycles. The molecule has 0 radical (unpaired) electrons. The molecule has 4 aromatic rings. The smallest absolute Gasteiger partial charge is 0.280 e. The molecule has 122 valence electrons. The normalized spacial score (nSPS) is 11.2.